The van der Waals surface area contributed by atoms with E-state index in [1.807, 2.05) is 44.2 Å². The normalized spacial score (nSPS) is 10.1. The SMILES string of the molecule is COc1ccc(C)cc1OCOc1cc(C)cc(OC)c1OC. The number of rotatable bonds is 7. The zero-order valence-electron chi connectivity index (χ0n) is 14.1. The van der Waals surface area contributed by atoms with Gasteiger partial charge in [0.25, 0.3) is 0 Å². The zero-order valence-corrected chi connectivity index (χ0v) is 14.1. The summed E-state index contributed by atoms with van der Waals surface area (Å²) in [6.45, 7) is 3.98. The van der Waals surface area contributed by atoms with E-state index in [0.29, 0.717) is 28.7 Å². The van der Waals surface area contributed by atoms with E-state index >= 15 is 0 Å². The highest BCUT2D eigenvalue weighted by Gasteiger charge is 2.13. The summed E-state index contributed by atoms with van der Waals surface area (Å²) >= 11 is 0. The maximum Gasteiger partial charge on any atom is 0.231 e. The highest BCUT2D eigenvalue weighted by molar-refractivity contribution is 5.53. The second-order valence-corrected chi connectivity index (χ2v) is 5.06. The summed E-state index contributed by atoms with van der Waals surface area (Å²) in [5.74, 6) is 3.02. The van der Waals surface area contributed by atoms with Crippen LogP contribution in [0.4, 0.5) is 0 Å². The molecule has 0 heterocycles. The van der Waals surface area contributed by atoms with Crippen LogP contribution in [-0.2, 0) is 0 Å². The van der Waals surface area contributed by atoms with Crippen LogP contribution in [0.5, 0.6) is 28.7 Å². The van der Waals surface area contributed by atoms with Gasteiger partial charge in [-0.25, -0.2) is 0 Å². The van der Waals surface area contributed by atoms with Crippen LogP contribution in [-0.4, -0.2) is 28.1 Å². The molecule has 0 aliphatic carbocycles. The van der Waals surface area contributed by atoms with Crippen molar-refractivity contribution in [1.82, 2.24) is 0 Å². The van der Waals surface area contributed by atoms with Crippen molar-refractivity contribution >= 4 is 0 Å². The molecule has 0 N–H and O–H groups in total. The lowest BCUT2D eigenvalue weighted by Crippen LogP contribution is -2.08. The van der Waals surface area contributed by atoms with Crippen LogP contribution >= 0.6 is 0 Å². The van der Waals surface area contributed by atoms with E-state index in [-0.39, 0.29) is 6.79 Å². The van der Waals surface area contributed by atoms with Crippen molar-refractivity contribution in [3.63, 3.8) is 0 Å². The Morgan fingerprint density at radius 3 is 1.91 bits per heavy atom. The quantitative estimate of drug-likeness (QED) is 0.728. The van der Waals surface area contributed by atoms with Gasteiger partial charge in [0.2, 0.25) is 12.5 Å². The molecular weight excluding hydrogens is 296 g/mol. The van der Waals surface area contributed by atoms with E-state index in [9.17, 15) is 0 Å². The minimum absolute atomic E-state index is 0.0305. The molecule has 0 aromatic heterocycles. The second-order valence-electron chi connectivity index (χ2n) is 5.06. The van der Waals surface area contributed by atoms with E-state index in [1.165, 1.54) is 0 Å². The van der Waals surface area contributed by atoms with Crippen molar-refractivity contribution in [2.24, 2.45) is 0 Å². The summed E-state index contributed by atoms with van der Waals surface area (Å²) in [6, 6.07) is 9.48. The fraction of sp³-hybridized carbons (Fsp3) is 0.333. The lowest BCUT2D eigenvalue weighted by atomic mass is 10.2. The van der Waals surface area contributed by atoms with Crippen molar-refractivity contribution in [2.45, 2.75) is 13.8 Å². The summed E-state index contributed by atoms with van der Waals surface area (Å²) in [5.41, 5.74) is 2.08. The van der Waals surface area contributed by atoms with Gasteiger partial charge in [-0.3, -0.25) is 0 Å². The van der Waals surface area contributed by atoms with Gasteiger partial charge in [-0.05, 0) is 49.2 Å². The Hall–Kier alpha value is -2.56. The average Bonchev–Trinajstić information content (AvgIpc) is 2.54. The van der Waals surface area contributed by atoms with Crippen LogP contribution in [0.15, 0.2) is 30.3 Å². The van der Waals surface area contributed by atoms with Crippen LogP contribution in [0.3, 0.4) is 0 Å². The molecule has 0 atom stereocenters. The highest BCUT2D eigenvalue weighted by atomic mass is 16.7. The Kier molecular flexibility index (Phi) is 5.57. The minimum atomic E-state index is 0.0305. The molecule has 0 fully saturated rings. The topological polar surface area (TPSA) is 46.2 Å². The van der Waals surface area contributed by atoms with Crippen LogP contribution in [0.1, 0.15) is 11.1 Å². The molecule has 2 aromatic carbocycles. The molecule has 0 saturated carbocycles. The van der Waals surface area contributed by atoms with Crippen LogP contribution in [0.25, 0.3) is 0 Å². The molecule has 0 radical (unpaired) electrons. The summed E-state index contributed by atoms with van der Waals surface area (Å²) in [5, 5.41) is 0. The maximum absolute atomic E-state index is 5.71. The minimum Gasteiger partial charge on any atom is -0.493 e. The van der Waals surface area contributed by atoms with Gasteiger partial charge in [0.05, 0.1) is 21.3 Å². The number of ether oxygens (including phenoxy) is 5. The summed E-state index contributed by atoms with van der Waals surface area (Å²) in [6.07, 6.45) is 0. The van der Waals surface area contributed by atoms with Crippen LogP contribution in [0.2, 0.25) is 0 Å². The maximum atomic E-state index is 5.71. The fourth-order valence-corrected chi connectivity index (χ4v) is 2.22. The Morgan fingerprint density at radius 2 is 1.26 bits per heavy atom. The monoisotopic (exact) mass is 318 g/mol. The zero-order chi connectivity index (χ0) is 16.8. The number of methoxy groups -OCH3 is 3. The molecule has 0 aliphatic rings. The van der Waals surface area contributed by atoms with E-state index in [0.717, 1.165) is 11.1 Å². The first-order valence-corrected chi connectivity index (χ1v) is 7.22. The van der Waals surface area contributed by atoms with Gasteiger partial charge < -0.3 is 23.7 Å². The van der Waals surface area contributed by atoms with Gasteiger partial charge in [0.15, 0.2) is 23.0 Å². The largest absolute Gasteiger partial charge is 0.493 e. The van der Waals surface area contributed by atoms with Crippen LogP contribution in [0, 0.1) is 13.8 Å². The fourth-order valence-electron chi connectivity index (χ4n) is 2.22. The molecule has 23 heavy (non-hydrogen) atoms. The molecular formula is C18H22O5. The van der Waals surface area contributed by atoms with Gasteiger partial charge in [0.1, 0.15) is 0 Å². The second kappa shape index (κ2) is 7.63. The van der Waals surface area contributed by atoms with Gasteiger partial charge >= 0.3 is 0 Å². The van der Waals surface area contributed by atoms with Crippen molar-refractivity contribution in [2.75, 3.05) is 28.1 Å². The standard InChI is InChI=1S/C18H22O5/c1-12-6-7-14(19-3)15(8-12)22-11-23-17-10-13(2)9-16(20-4)18(17)21-5/h6-10H,11H2,1-5H3. The van der Waals surface area contributed by atoms with Crippen molar-refractivity contribution in [1.29, 1.82) is 0 Å². The molecule has 2 aromatic rings. The summed E-state index contributed by atoms with van der Waals surface area (Å²) < 4.78 is 27.3. The molecule has 0 amide bonds. The average molecular weight is 318 g/mol. The third-order valence-corrected chi connectivity index (χ3v) is 3.34. The first-order chi connectivity index (χ1) is 11.1. The lowest BCUT2D eigenvalue weighted by Gasteiger charge is -2.16. The first-order valence-electron chi connectivity index (χ1n) is 7.22. The first kappa shape index (κ1) is 16.8. The molecule has 124 valence electrons. The lowest BCUT2D eigenvalue weighted by molar-refractivity contribution is 0.112. The molecule has 0 bridgehead atoms. The van der Waals surface area contributed by atoms with E-state index in [2.05, 4.69) is 0 Å². The Labute approximate surface area is 136 Å². The summed E-state index contributed by atoms with van der Waals surface area (Å²) in [7, 11) is 4.77. The molecule has 0 unspecified atom stereocenters. The molecule has 0 aliphatic heterocycles. The van der Waals surface area contributed by atoms with Crippen molar-refractivity contribution in [3.05, 3.63) is 41.5 Å². The van der Waals surface area contributed by atoms with Gasteiger partial charge in [0, 0.05) is 0 Å². The summed E-state index contributed by atoms with van der Waals surface area (Å²) in [4.78, 5) is 0. The van der Waals surface area contributed by atoms with E-state index in [4.69, 9.17) is 23.7 Å². The molecule has 0 saturated heterocycles. The van der Waals surface area contributed by atoms with E-state index < -0.39 is 0 Å². The third kappa shape index (κ3) is 4.00. The molecule has 5 nitrogen and oxygen atoms in total. The van der Waals surface area contributed by atoms with Gasteiger partial charge in [-0.2, -0.15) is 0 Å². The van der Waals surface area contributed by atoms with Crippen molar-refractivity contribution in [3.8, 4) is 28.7 Å². The van der Waals surface area contributed by atoms with Crippen LogP contribution < -0.4 is 23.7 Å². The Balaban J connectivity index is 2.13. The Morgan fingerprint density at radius 1 is 0.652 bits per heavy atom. The number of hydrogen-bond donors (Lipinski definition) is 0. The predicted octanol–water partition coefficient (Wildman–Crippen LogP) is 3.74. The number of benzene rings is 2. The van der Waals surface area contributed by atoms with E-state index in [1.54, 1.807) is 21.3 Å². The van der Waals surface area contributed by atoms with Gasteiger partial charge in [-0.1, -0.05) is 6.07 Å². The Bertz CT molecular complexity index is 667. The molecule has 2 rings (SSSR count). The third-order valence-electron chi connectivity index (χ3n) is 3.34. The number of aryl methyl sites for hydroxylation is 2. The van der Waals surface area contributed by atoms with Crippen molar-refractivity contribution < 1.29 is 23.7 Å². The molecule has 5 heteroatoms. The molecule has 0 spiro atoms. The van der Waals surface area contributed by atoms with Gasteiger partial charge in [-0.15, -0.1) is 0 Å². The highest BCUT2D eigenvalue weighted by Crippen LogP contribution is 2.38. The number of hydrogen-bond acceptors (Lipinski definition) is 5. The predicted molar refractivity (Wildman–Crippen MR) is 88.1 cm³/mol. The smallest absolute Gasteiger partial charge is 0.231 e.